The van der Waals surface area contributed by atoms with Crippen LogP contribution in [0.1, 0.15) is 51.8 Å². The molecule has 11 rings (SSSR count). The average molecular weight is 1250 g/mol. The fraction of sp³-hybridized carbons (Fsp3) is 0.109. The van der Waals surface area contributed by atoms with Crippen molar-refractivity contribution in [2.75, 3.05) is 6.61 Å². The molecule has 0 aliphatic carbocycles. The first-order chi connectivity index (χ1) is 42.4. The highest BCUT2D eigenvalue weighted by Gasteiger charge is 2.54. The molecular weight excluding hydrogens is 1220 g/mol. The Morgan fingerprint density at radius 3 is 1.51 bits per heavy atom. The van der Waals surface area contributed by atoms with Crippen LogP contribution in [0.5, 0.6) is 121 Å². The number of carbonyl (C=O) groups is 5. The van der Waals surface area contributed by atoms with Gasteiger partial charge in [0, 0.05) is 46.2 Å². The lowest BCUT2D eigenvalue weighted by Crippen LogP contribution is -2.62. The summed E-state index contributed by atoms with van der Waals surface area (Å²) in [6, 6.07) is 3.59. The molecule has 90 heavy (non-hydrogen) atoms. The number of hydrogen-bond acceptors (Lipinski definition) is 34. The average Bonchev–Trinajstić information content (AvgIpc) is 0.752. The molecule has 1 saturated heterocycles. The molecular formula is C55H34O35. The van der Waals surface area contributed by atoms with Crippen molar-refractivity contribution in [1.29, 1.82) is 0 Å². The molecule has 2 aliphatic heterocycles. The number of aromatic hydroxyl groups is 17. The molecule has 0 unspecified atom stereocenters. The summed E-state index contributed by atoms with van der Waals surface area (Å²) in [4.78, 5) is 97.0. The number of benzene rings is 7. The number of carbonyl (C=O) groups excluding carboxylic acids is 4. The summed E-state index contributed by atoms with van der Waals surface area (Å²) in [5, 5.41) is 202. The van der Waals surface area contributed by atoms with E-state index in [0.717, 1.165) is 6.07 Å². The standard InChI is InChI=1S/C55H34O35/c56-17-1-10(2-18(57)30(17)62)49(75)89-46-43-25(9-82-50(76)11-3-19(58)31(63)37(69)26(11)27-13(52(78)86-43)7-23(35(67)38(27)70)83-41-15(48(73)74)5-20(59)32(64)39(41)71)85-55(81)47(46)90-54(80)16-6-21(60)33(65)40(72)42(16)84-24-8-14-29-28-12(51(77)88-45(29)36(24)68)4-22(61)34(66)44(28)87-53(14)79/h1-8,25,43,46-47,55-72,81H,9H2,(H,73,74)/t25-,43-,46+,47-,55-/m1/s1. The Hall–Kier alpha value is -13.1. The maximum Gasteiger partial charge on any atom is 0.344 e. The predicted molar refractivity (Wildman–Crippen MR) is 283 cm³/mol. The Balaban J connectivity index is 1.06. The molecule has 0 bridgehead atoms. The van der Waals surface area contributed by atoms with Gasteiger partial charge in [-0.15, -0.1) is 0 Å². The number of cyclic esters (lactones) is 1. The van der Waals surface area contributed by atoms with E-state index in [4.69, 9.17) is 42.0 Å². The Morgan fingerprint density at radius 1 is 0.456 bits per heavy atom. The Bertz CT molecular complexity index is 4780. The molecule has 0 radical (unpaired) electrons. The SMILES string of the molecule is O=C(O[C@@H]1[C@@H](OC(=O)c2cc(O)c(O)c(O)c2Oc2cc3c(=O)oc4c(O)c(O)cc5c(=O)oc(c2O)c3c45)[C@H](O)O[C@@H]2COC(=O)c3cc(O)c(O)c(O)c3-c3c(cc(Oc4c(C(=O)O)cc(O)c(O)c4O)c(O)c3O)C(=O)O[C@@H]12)c1cc(O)c(O)c(O)c1. The Kier molecular flexibility index (Phi) is 13.6. The summed E-state index contributed by atoms with van der Waals surface area (Å²) in [7, 11) is 0. The number of fused-ring (bicyclic) bond motifs is 4. The summed E-state index contributed by atoms with van der Waals surface area (Å²) in [5.41, 5.74) is -12.8. The summed E-state index contributed by atoms with van der Waals surface area (Å²) in [5.74, 6) is -38.0. The van der Waals surface area contributed by atoms with Gasteiger partial charge in [-0.1, -0.05) is 0 Å². The molecule has 35 nitrogen and oxygen atoms in total. The lowest BCUT2D eigenvalue weighted by molar-refractivity contribution is -0.284. The van der Waals surface area contributed by atoms with Crippen LogP contribution in [-0.4, -0.2) is 164 Å². The number of hydrogen-bond donors (Lipinski definition) is 19. The molecule has 0 amide bonds. The van der Waals surface area contributed by atoms with E-state index in [1.54, 1.807) is 0 Å². The van der Waals surface area contributed by atoms with Crippen LogP contribution in [0, 0.1) is 0 Å². The number of aromatic carboxylic acids is 1. The minimum atomic E-state index is -2.81. The van der Waals surface area contributed by atoms with Gasteiger partial charge in [0.1, 0.15) is 23.8 Å². The molecule has 2 aliphatic rings. The Morgan fingerprint density at radius 2 is 0.922 bits per heavy atom. The van der Waals surface area contributed by atoms with E-state index in [2.05, 4.69) is 0 Å². The zero-order valence-electron chi connectivity index (χ0n) is 43.7. The van der Waals surface area contributed by atoms with Crippen LogP contribution in [-0.2, 0) is 23.7 Å². The van der Waals surface area contributed by atoms with Crippen molar-refractivity contribution < 1.29 is 163 Å². The number of esters is 4. The number of phenols is 17. The monoisotopic (exact) mass is 1250 g/mol. The summed E-state index contributed by atoms with van der Waals surface area (Å²) in [6.45, 7) is -1.36. The van der Waals surface area contributed by atoms with Gasteiger partial charge in [0.25, 0.3) is 0 Å². The van der Waals surface area contributed by atoms with Crippen LogP contribution in [0.2, 0.25) is 0 Å². The molecule has 0 spiro atoms. The number of ether oxygens (including phenoxy) is 7. The van der Waals surface area contributed by atoms with E-state index >= 15 is 4.79 Å². The Labute approximate surface area is 490 Å². The molecule has 2 aromatic heterocycles. The van der Waals surface area contributed by atoms with Gasteiger partial charge in [-0.3, -0.25) is 0 Å². The van der Waals surface area contributed by atoms with Gasteiger partial charge in [-0.2, -0.15) is 0 Å². The van der Waals surface area contributed by atoms with Gasteiger partial charge in [-0.05, 0) is 24.3 Å². The number of aliphatic hydroxyl groups excluding tert-OH is 1. The van der Waals surface area contributed by atoms with Crippen LogP contribution in [0.4, 0.5) is 0 Å². The van der Waals surface area contributed by atoms with E-state index < -0.39 is 271 Å². The summed E-state index contributed by atoms with van der Waals surface area (Å²) in [6.07, 6.45) is -13.2. The third-order valence-electron chi connectivity index (χ3n) is 14.0. The first kappa shape index (κ1) is 58.7. The molecule has 1 fully saturated rings. The van der Waals surface area contributed by atoms with E-state index in [0.29, 0.717) is 36.4 Å². The third-order valence-corrected chi connectivity index (χ3v) is 14.0. The molecule has 7 aromatic carbocycles. The largest absolute Gasteiger partial charge is 0.504 e. The van der Waals surface area contributed by atoms with Crippen molar-refractivity contribution >= 4 is 62.6 Å². The zero-order chi connectivity index (χ0) is 65.3. The van der Waals surface area contributed by atoms with E-state index in [1.807, 2.05) is 0 Å². The molecule has 35 heteroatoms. The summed E-state index contributed by atoms with van der Waals surface area (Å²) < 4.78 is 49.3. The molecule has 464 valence electrons. The maximum atomic E-state index is 15.1. The van der Waals surface area contributed by atoms with Gasteiger partial charge in [0.2, 0.25) is 46.0 Å². The fourth-order valence-electron chi connectivity index (χ4n) is 9.78. The lowest BCUT2D eigenvalue weighted by Gasteiger charge is -2.42. The van der Waals surface area contributed by atoms with Crippen molar-refractivity contribution in [3.63, 3.8) is 0 Å². The van der Waals surface area contributed by atoms with E-state index in [1.165, 1.54) is 0 Å². The number of carboxylic acid groups (broad SMARTS) is 1. The number of carboxylic acids is 1. The molecule has 0 saturated carbocycles. The van der Waals surface area contributed by atoms with Crippen molar-refractivity contribution in [3.8, 4) is 132 Å². The minimum Gasteiger partial charge on any atom is -0.504 e. The highest BCUT2D eigenvalue weighted by molar-refractivity contribution is 6.22. The highest BCUT2D eigenvalue weighted by Crippen LogP contribution is 2.56. The quantitative estimate of drug-likeness (QED) is 0.0324. The van der Waals surface area contributed by atoms with Crippen LogP contribution >= 0.6 is 0 Å². The van der Waals surface area contributed by atoms with Crippen LogP contribution in [0.25, 0.3) is 43.8 Å². The minimum absolute atomic E-state index is 0.284. The smallest absolute Gasteiger partial charge is 0.344 e. The zero-order valence-corrected chi connectivity index (χ0v) is 43.7. The first-order valence-corrected chi connectivity index (χ1v) is 24.7. The van der Waals surface area contributed by atoms with Crippen molar-refractivity contribution in [2.45, 2.75) is 30.7 Å². The predicted octanol–water partition coefficient (Wildman–Crippen LogP) is 3.30. The number of phenolic OH excluding ortho intramolecular Hbond substituents is 17. The summed E-state index contributed by atoms with van der Waals surface area (Å²) >= 11 is 0. The van der Waals surface area contributed by atoms with Crippen LogP contribution in [0.15, 0.2) is 67.0 Å². The van der Waals surface area contributed by atoms with Crippen molar-refractivity contribution in [1.82, 2.24) is 0 Å². The third kappa shape index (κ3) is 9.12. The van der Waals surface area contributed by atoms with Gasteiger partial charge in [0.05, 0.1) is 27.5 Å². The highest BCUT2D eigenvalue weighted by atomic mass is 16.7. The lowest BCUT2D eigenvalue weighted by atomic mass is 9.91. The molecule has 19 N–H and O–H groups in total. The van der Waals surface area contributed by atoms with E-state index in [9.17, 15) is 126 Å². The first-order valence-electron chi connectivity index (χ1n) is 24.7. The molecule has 4 heterocycles. The van der Waals surface area contributed by atoms with Gasteiger partial charge < -0.3 is 139 Å². The second kappa shape index (κ2) is 20.9. The molecule has 9 aromatic rings. The van der Waals surface area contributed by atoms with Crippen molar-refractivity contribution in [3.05, 3.63) is 97.2 Å². The van der Waals surface area contributed by atoms with Crippen LogP contribution < -0.4 is 20.7 Å². The number of rotatable bonds is 9. The second-order valence-corrected chi connectivity index (χ2v) is 19.3. The second-order valence-electron chi connectivity index (χ2n) is 19.3. The van der Waals surface area contributed by atoms with Gasteiger partial charge in [0.15, 0.2) is 111 Å². The fourth-order valence-corrected chi connectivity index (χ4v) is 9.78. The van der Waals surface area contributed by atoms with Crippen LogP contribution in [0.3, 0.4) is 0 Å². The normalized spacial score (nSPS) is 17.3. The topological polar surface area (TPSA) is 595 Å². The van der Waals surface area contributed by atoms with Gasteiger partial charge in [-0.25, -0.2) is 33.6 Å². The van der Waals surface area contributed by atoms with E-state index in [-0.39, 0.29) is 6.07 Å². The van der Waals surface area contributed by atoms with Gasteiger partial charge >= 0.3 is 41.1 Å². The number of aliphatic hydroxyl groups is 1. The molecule has 5 atom stereocenters. The maximum absolute atomic E-state index is 15.1. The van der Waals surface area contributed by atoms with Crippen molar-refractivity contribution in [2.24, 2.45) is 0 Å².